The van der Waals surface area contributed by atoms with E-state index in [9.17, 15) is 0 Å². The quantitative estimate of drug-likeness (QED) is 0.199. The second kappa shape index (κ2) is 9.86. The summed E-state index contributed by atoms with van der Waals surface area (Å²) in [5, 5.41) is 9.61. The predicted octanol–water partition coefficient (Wildman–Crippen LogP) is 12.2. The maximum Gasteiger partial charge on any atom is 0.136 e. The molecular formula is C42H27NO. The molecule has 0 aliphatic rings. The second-order valence-electron chi connectivity index (χ2n) is 11.4. The molecule has 8 aromatic carbocycles. The Morgan fingerprint density at radius 1 is 0.318 bits per heavy atom. The van der Waals surface area contributed by atoms with Crippen molar-refractivity contribution in [3.8, 4) is 11.1 Å². The van der Waals surface area contributed by atoms with Gasteiger partial charge >= 0.3 is 0 Å². The van der Waals surface area contributed by atoms with Crippen molar-refractivity contribution in [1.82, 2.24) is 0 Å². The van der Waals surface area contributed by atoms with Gasteiger partial charge in [-0.3, -0.25) is 0 Å². The van der Waals surface area contributed by atoms with Crippen LogP contribution in [0.3, 0.4) is 0 Å². The standard InChI is InChI=1S/C42H27NO/c1-2-8-28(9-3-1)30-16-19-34(20-17-30)43(35-21-18-29-10-4-5-11-31(29)24-35)36-22-23-37-32(25-36)14-15-33-26-42-40(27-39(33)37)38-12-6-7-13-41(38)44-42/h1-27H. The fraction of sp³-hybridized carbons (Fsp3) is 0. The van der Waals surface area contributed by atoms with Gasteiger partial charge in [-0.1, -0.05) is 109 Å². The second-order valence-corrected chi connectivity index (χ2v) is 11.4. The van der Waals surface area contributed by atoms with E-state index in [0.717, 1.165) is 39.0 Å². The molecule has 0 fully saturated rings. The molecule has 0 unspecified atom stereocenters. The molecule has 0 amide bonds. The summed E-state index contributed by atoms with van der Waals surface area (Å²) < 4.78 is 6.18. The molecule has 1 heterocycles. The van der Waals surface area contributed by atoms with Crippen LogP contribution in [0.4, 0.5) is 17.1 Å². The zero-order chi connectivity index (χ0) is 29.0. The minimum atomic E-state index is 0.925. The summed E-state index contributed by atoms with van der Waals surface area (Å²) in [5.74, 6) is 0. The zero-order valence-corrected chi connectivity index (χ0v) is 23.9. The van der Waals surface area contributed by atoms with Gasteiger partial charge in [0.25, 0.3) is 0 Å². The van der Waals surface area contributed by atoms with Crippen molar-refractivity contribution in [2.45, 2.75) is 0 Å². The Balaban J connectivity index is 1.21. The van der Waals surface area contributed by atoms with Crippen LogP contribution < -0.4 is 4.90 Å². The van der Waals surface area contributed by atoms with E-state index in [1.165, 1.54) is 43.4 Å². The van der Waals surface area contributed by atoms with E-state index in [1.807, 2.05) is 12.1 Å². The number of hydrogen-bond acceptors (Lipinski definition) is 2. The van der Waals surface area contributed by atoms with Crippen molar-refractivity contribution in [3.05, 3.63) is 164 Å². The summed E-state index contributed by atoms with van der Waals surface area (Å²) in [5.41, 5.74) is 7.64. The highest BCUT2D eigenvalue weighted by Crippen LogP contribution is 2.40. The molecule has 1 aromatic heterocycles. The van der Waals surface area contributed by atoms with E-state index in [1.54, 1.807) is 0 Å². The lowest BCUT2D eigenvalue weighted by Gasteiger charge is -2.26. The average molecular weight is 562 g/mol. The van der Waals surface area contributed by atoms with Crippen LogP contribution in [0, 0.1) is 0 Å². The minimum absolute atomic E-state index is 0.925. The highest BCUT2D eigenvalue weighted by atomic mass is 16.3. The van der Waals surface area contributed by atoms with E-state index >= 15 is 0 Å². The van der Waals surface area contributed by atoms with Crippen LogP contribution in [0.2, 0.25) is 0 Å². The Morgan fingerprint density at radius 2 is 0.932 bits per heavy atom. The molecule has 0 aliphatic carbocycles. The van der Waals surface area contributed by atoms with E-state index in [0.29, 0.717) is 0 Å². The van der Waals surface area contributed by atoms with Gasteiger partial charge in [-0.05, 0) is 98.0 Å². The topological polar surface area (TPSA) is 16.4 Å². The number of fused-ring (bicyclic) bond motifs is 7. The van der Waals surface area contributed by atoms with Crippen LogP contribution in [0.5, 0.6) is 0 Å². The molecule has 44 heavy (non-hydrogen) atoms. The van der Waals surface area contributed by atoms with E-state index in [4.69, 9.17) is 4.42 Å². The molecule has 2 nitrogen and oxygen atoms in total. The number of rotatable bonds is 4. The van der Waals surface area contributed by atoms with Gasteiger partial charge in [0.15, 0.2) is 0 Å². The van der Waals surface area contributed by atoms with Crippen LogP contribution >= 0.6 is 0 Å². The van der Waals surface area contributed by atoms with Gasteiger partial charge in [-0.2, -0.15) is 0 Å². The molecule has 0 spiro atoms. The summed E-state index contributed by atoms with van der Waals surface area (Å²) in [6, 6.07) is 58.7. The van der Waals surface area contributed by atoms with Crippen molar-refractivity contribution in [2.24, 2.45) is 0 Å². The number of hydrogen-bond donors (Lipinski definition) is 0. The Morgan fingerprint density at radius 3 is 1.77 bits per heavy atom. The van der Waals surface area contributed by atoms with Gasteiger partial charge in [0.2, 0.25) is 0 Å². The van der Waals surface area contributed by atoms with Crippen molar-refractivity contribution in [2.75, 3.05) is 4.90 Å². The summed E-state index contributed by atoms with van der Waals surface area (Å²) in [6.07, 6.45) is 0. The molecule has 9 rings (SSSR count). The minimum Gasteiger partial charge on any atom is -0.456 e. The first-order valence-electron chi connectivity index (χ1n) is 15.0. The van der Waals surface area contributed by atoms with Gasteiger partial charge in [-0.15, -0.1) is 0 Å². The Labute approximate surface area is 255 Å². The summed E-state index contributed by atoms with van der Waals surface area (Å²) >= 11 is 0. The third kappa shape index (κ3) is 4.04. The fourth-order valence-electron chi connectivity index (χ4n) is 6.61. The number of para-hydroxylation sites is 1. The Bertz CT molecular complexity index is 2490. The molecular weight excluding hydrogens is 534 g/mol. The van der Waals surface area contributed by atoms with Crippen LogP contribution in [0.1, 0.15) is 0 Å². The molecule has 206 valence electrons. The van der Waals surface area contributed by atoms with Gasteiger partial charge < -0.3 is 9.32 Å². The van der Waals surface area contributed by atoms with Crippen molar-refractivity contribution < 1.29 is 4.42 Å². The molecule has 0 N–H and O–H groups in total. The molecule has 0 radical (unpaired) electrons. The first-order valence-corrected chi connectivity index (χ1v) is 15.0. The zero-order valence-electron chi connectivity index (χ0n) is 23.9. The Kier molecular flexibility index (Phi) is 5.54. The van der Waals surface area contributed by atoms with Crippen LogP contribution in [-0.4, -0.2) is 0 Å². The molecule has 2 heteroatoms. The van der Waals surface area contributed by atoms with Crippen molar-refractivity contribution in [3.63, 3.8) is 0 Å². The van der Waals surface area contributed by atoms with E-state index < -0.39 is 0 Å². The third-order valence-corrected chi connectivity index (χ3v) is 8.80. The number of anilines is 3. The van der Waals surface area contributed by atoms with Crippen LogP contribution in [-0.2, 0) is 0 Å². The first-order chi connectivity index (χ1) is 21.8. The number of furan rings is 1. The summed E-state index contributed by atoms with van der Waals surface area (Å²) in [7, 11) is 0. The lowest BCUT2D eigenvalue weighted by molar-refractivity contribution is 0.669. The number of nitrogens with zero attached hydrogens (tertiary/aromatic N) is 1. The summed E-state index contributed by atoms with van der Waals surface area (Å²) in [4.78, 5) is 2.36. The monoisotopic (exact) mass is 561 g/mol. The maximum absolute atomic E-state index is 6.18. The predicted molar refractivity (Wildman–Crippen MR) is 186 cm³/mol. The summed E-state index contributed by atoms with van der Waals surface area (Å²) in [6.45, 7) is 0. The van der Waals surface area contributed by atoms with Crippen molar-refractivity contribution >= 4 is 71.3 Å². The lowest BCUT2D eigenvalue weighted by atomic mass is 9.98. The van der Waals surface area contributed by atoms with Gasteiger partial charge in [-0.25, -0.2) is 0 Å². The van der Waals surface area contributed by atoms with Crippen molar-refractivity contribution in [1.29, 1.82) is 0 Å². The molecule has 0 saturated heterocycles. The Hall–Kier alpha value is -5.86. The molecule has 0 bridgehead atoms. The number of benzene rings is 8. The molecule has 0 saturated carbocycles. The maximum atomic E-state index is 6.18. The van der Waals surface area contributed by atoms with E-state index in [2.05, 4.69) is 157 Å². The van der Waals surface area contributed by atoms with E-state index in [-0.39, 0.29) is 0 Å². The SMILES string of the molecule is c1ccc(-c2ccc(N(c3ccc4ccccc4c3)c3ccc4c(ccc5cc6oc7ccccc7c6cc54)c3)cc2)cc1. The van der Waals surface area contributed by atoms with Crippen LogP contribution in [0.15, 0.2) is 168 Å². The van der Waals surface area contributed by atoms with Crippen LogP contribution in [0.25, 0.3) is 65.4 Å². The molecule has 0 aliphatic heterocycles. The molecule has 9 aromatic rings. The highest BCUT2D eigenvalue weighted by Gasteiger charge is 2.16. The largest absolute Gasteiger partial charge is 0.456 e. The lowest BCUT2D eigenvalue weighted by Crippen LogP contribution is -2.09. The van der Waals surface area contributed by atoms with Gasteiger partial charge in [0.05, 0.1) is 0 Å². The smallest absolute Gasteiger partial charge is 0.136 e. The van der Waals surface area contributed by atoms with Gasteiger partial charge in [0, 0.05) is 27.8 Å². The average Bonchev–Trinajstić information content (AvgIpc) is 3.45. The molecule has 0 atom stereocenters. The third-order valence-electron chi connectivity index (χ3n) is 8.80. The van der Waals surface area contributed by atoms with Gasteiger partial charge in [0.1, 0.15) is 11.2 Å². The highest BCUT2D eigenvalue weighted by molar-refractivity contribution is 6.16. The first kappa shape index (κ1) is 24.7. The fourth-order valence-corrected chi connectivity index (χ4v) is 6.61. The normalized spacial score (nSPS) is 11.6.